The molecule has 4 saturated heterocycles. The van der Waals surface area contributed by atoms with Gasteiger partial charge >= 0.3 is 23.9 Å². The Morgan fingerprint density at radius 3 is 1.41 bits per heavy atom. The fourth-order valence-corrected chi connectivity index (χ4v) is 18.8. The zero-order valence-electron chi connectivity index (χ0n) is 55.2. The van der Waals surface area contributed by atoms with E-state index in [-0.39, 0.29) is 36.9 Å². The molecule has 7 aromatic carbocycles. The molecule has 18 nitrogen and oxygen atoms in total. The van der Waals surface area contributed by atoms with Crippen molar-refractivity contribution in [2.24, 2.45) is 11.8 Å². The van der Waals surface area contributed by atoms with E-state index in [0.29, 0.717) is 49.2 Å². The van der Waals surface area contributed by atoms with E-state index in [1.807, 2.05) is 78.9 Å². The minimum atomic E-state index is -1.37. The van der Waals surface area contributed by atoms with Crippen molar-refractivity contribution in [2.45, 2.75) is 150 Å². The molecule has 11 rings (SSSR count). The van der Waals surface area contributed by atoms with Crippen molar-refractivity contribution >= 4 is 94.1 Å². The van der Waals surface area contributed by atoms with Gasteiger partial charge in [0.25, 0.3) is 0 Å². The molecule has 7 aromatic rings. The molecule has 4 heterocycles. The number of carbonyl (C=O) groups excluding carboxylic acids is 6. The first-order chi connectivity index (χ1) is 48.4. The Balaban J connectivity index is 0.000000234. The van der Waals surface area contributed by atoms with Gasteiger partial charge in [-0.3, -0.25) is 28.8 Å². The first-order valence-electron chi connectivity index (χ1n) is 32.6. The summed E-state index contributed by atoms with van der Waals surface area (Å²) in [6.45, 7) is 4.66. The SMILES string of the molecule is CC(=O)OC[C@H]1S[C@@H](Sc2ccc([C@@H]3[C@@H](CC[C@H](OCc4ccccc4)c4ccc(F)cc4)C(=O)N3c3ccc(F)cc3)cc2)[C@H](OC(C)=O)[C@@H](OC(C)=O)[C@@H]1OC(C)=O.O=C1[C@H](CC[C@H](O)c2ccc(F)cc2)[C@@H](c2ccc(S[C@@H]3S[C@H](CO)[C@@H](O)[C@H](O)[C@H]3O)cc2)N1c1ccc(F)cc1. The Labute approximate surface area is 598 Å². The number of carbonyl (C=O) groups is 6. The first kappa shape index (κ1) is 75.9. The van der Waals surface area contributed by atoms with Crippen molar-refractivity contribution in [2.75, 3.05) is 23.0 Å². The fraction of sp³-hybridized carbons (Fsp3) is 0.360. The van der Waals surface area contributed by atoms with E-state index < -0.39 is 128 Å². The highest BCUT2D eigenvalue weighted by molar-refractivity contribution is 8.17. The van der Waals surface area contributed by atoms with Crippen LogP contribution in [-0.4, -0.2) is 131 Å². The third-order valence-corrected chi connectivity index (χ3v) is 23.6. The number of aliphatic hydroxyl groups is 5. The van der Waals surface area contributed by atoms with E-state index >= 15 is 0 Å². The summed E-state index contributed by atoms with van der Waals surface area (Å²) in [7, 11) is 0. The number of thioether (sulfide) groups is 4. The average molecular weight is 1470 g/mol. The van der Waals surface area contributed by atoms with Gasteiger partial charge in [0.05, 0.1) is 75.1 Å². The van der Waals surface area contributed by atoms with Crippen molar-refractivity contribution in [3.05, 3.63) is 227 Å². The molecule has 4 aliphatic heterocycles. The molecule has 16 atom stereocenters. The minimum Gasteiger partial charge on any atom is -0.465 e. The molecule has 0 aliphatic carbocycles. The summed E-state index contributed by atoms with van der Waals surface area (Å²) in [6.07, 6.45) is -6.92. The predicted octanol–water partition coefficient (Wildman–Crippen LogP) is 12.1. The molecule has 0 bridgehead atoms. The minimum absolute atomic E-state index is 0.133. The Kier molecular flexibility index (Phi) is 26.3. The van der Waals surface area contributed by atoms with E-state index in [0.717, 1.165) is 32.0 Å². The second-order valence-corrected chi connectivity index (χ2v) is 30.5. The number of esters is 4. The number of anilines is 2. The van der Waals surface area contributed by atoms with Gasteiger partial charge in [-0.05, 0) is 151 Å². The van der Waals surface area contributed by atoms with Crippen LogP contribution in [0.4, 0.5) is 28.9 Å². The molecule has 0 radical (unpaired) electrons. The van der Waals surface area contributed by atoms with Crippen LogP contribution < -0.4 is 9.80 Å². The van der Waals surface area contributed by atoms with Crippen LogP contribution in [0.5, 0.6) is 0 Å². The smallest absolute Gasteiger partial charge is 0.303 e. The van der Waals surface area contributed by atoms with Crippen LogP contribution in [0.2, 0.25) is 0 Å². The molecule has 5 N–H and O–H groups in total. The summed E-state index contributed by atoms with van der Waals surface area (Å²) < 4.78 is 82.4. The van der Waals surface area contributed by atoms with Crippen molar-refractivity contribution in [1.82, 2.24) is 0 Å². The van der Waals surface area contributed by atoms with E-state index in [4.69, 9.17) is 23.7 Å². The molecule has 2 amide bonds. The molecule has 0 aromatic heterocycles. The topological polar surface area (TPSA) is 256 Å². The molecule has 0 spiro atoms. The quantitative estimate of drug-likeness (QED) is 0.0154. The second-order valence-electron chi connectivity index (χ2n) is 24.7. The lowest BCUT2D eigenvalue weighted by molar-refractivity contribution is -0.183. The highest BCUT2D eigenvalue weighted by atomic mass is 32.2. The van der Waals surface area contributed by atoms with Gasteiger partial charge in [-0.1, -0.05) is 78.9 Å². The van der Waals surface area contributed by atoms with Crippen molar-refractivity contribution in [1.29, 1.82) is 0 Å². The number of halogens is 4. The average Bonchev–Trinajstić information content (AvgIpc) is 0.747. The van der Waals surface area contributed by atoms with Crippen LogP contribution in [0, 0.1) is 35.1 Å². The zero-order valence-corrected chi connectivity index (χ0v) is 58.5. The molecular formula is C75H76F4N2O16S4. The van der Waals surface area contributed by atoms with Crippen LogP contribution in [-0.2, 0) is 59.1 Å². The summed E-state index contributed by atoms with van der Waals surface area (Å²) in [4.78, 5) is 80.8. The number of nitrogens with zero attached hydrogens (tertiary/aromatic N) is 2. The maximum Gasteiger partial charge on any atom is 0.303 e. The molecule has 101 heavy (non-hydrogen) atoms. The highest BCUT2D eigenvalue weighted by Gasteiger charge is 2.54. The summed E-state index contributed by atoms with van der Waals surface area (Å²) in [5.74, 6) is -5.36. The predicted molar refractivity (Wildman–Crippen MR) is 374 cm³/mol. The van der Waals surface area contributed by atoms with Crippen molar-refractivity contribution < 1.29 is 95.5 Å². The molecule has 26 heteroatoms. The lowest BCUT2D eigenvalue weighted by Crippen LogP contribution is -2.57. The fourth-order valence-electron chi connectivity index (χ4n) is 12.7. The van der Waals surface area contributed by atoms with Gasteiger partial charge in [0, 0.05) is 48.9 Å². The van der Waals surface area contributed by atoms with Crippen molar-refractivity contribution in [3.8, 4) is 0 Å². The van der Waals surface area contributed by atoms with Crippen LogP contribution >= 0.6 is 47.0 Å². The summed E-state index contributed by atoms with van der Waals surface area (Å²) in [6, 6.07) is 47.0. The summed E-state index contributed by atoms with van der Waals surface area (Å²) >= 11 is 5.08. The van der Waals surface area contributed by atoms with E-state index in [1.54, 1.807) is 46.2 Å². The van der Waals surface area contributed by atoms with Gasteiger partial charge in [0.15, 0.2) is 18.3 Å². The maximum absolute atomic E-state index is 14.0. The lowest BCUT2D eigenvalue weighted by atomic mass is 9.78. The standard InChI is InChI=1S/C45H45F2NO10S2.C30H31F2NO6S2/c1-26(49)54-25-39-41(56-27(2)50)42(57-28(3)51)43(58-29(4)52)45(60-39)59-36-20-12-32(13-21-36)40-37(44(53)48(40)35-18-16-34(47)17-19-35)22-23-38(31-10-14-33(46)15-11-31)55-24-30-8-6-5-7-9-30;31-18-5-1-16(2-6-18)23(35)14-13-22-25(33(29(22)39)20-9-7-19(32)8-10-20)17-3-11-21(12-4-17)40-30-28(38)27(37)26(36)24(15-34)41-30/h5-21,37-43,45H,22-25H2,1-4H3;1-12,22-28,30,34-38H,13-15H2/t37-,38+,39-,40-,41-,42+,43-,45-;22-,23+,24-,25-,26-,27+,28-,30-/m11/s1. The van der Waals surface area contributed by atoms with E-state index in [1.165, 1.54) is 135 Å². The van der Waals surface area contributed by atoms with Crippen LogP contribution in [0.25, 0.3) is 0 Å². The molecule has 0 unspecified atom stereocenters. The number of ether oxygens (including phenoxy) is 5. The zero-order chi connectivity index (χ0) is 72.2. The molecular weight excluding hydrogens is 1390 g/mol. The van der Waals surface area contributed by atoms with Gasteiger partial charge in [-0.25, -0.2) is 17.6 Å². The number of amides is 2. The number of aliphatic hydroxyl groups excluding tert-OH is 5. The van der Waals surface area contributed by atoms with Gasteiger partial charge in [0.1, 0.15) is 42.1 Å². The number of β-lactam (4-membered cyclic amide) rings is 2. The van der Waals surface area contributed by atoms with Gasteiger partial charge in [-0.15, -0.1) is 47.0 Å². The van der Waals surface area contributed by atoms with Gasteiger partial charge < -0.3 is 59.0 Å². The monoisotopic (exact) mass is 1460 g/mol. The number of rotatable bonds is 25. The Bertz CT molecular complexity index is 3950. The number of hydrogen-bond acceptors (Lipinski definition) is 20. The Morgan fingerprint density at radius 2 is 0.931 bits per heavy atom. The summed E-state index contributed by atoms with van der Waals surface area (Å²) in [5.41, 5.74) is 5.06. The molecule has 534 valence electrons. The molecule has 4 fully saturated rings. The van der Waals surface area contributed by atoms with Crippen LogP contribution in [0.1, 0.15) is 105 Å². The maximum atomic E-state index is 14.0. The van der Waals surface area contributed by atoms with Crippen LogP contribution in [0.15, 0.2) is 186 Å². The number of benzene rings is 7. The first-order valence-corrected chi connectivity index (χ1v) is 36.3. The lowest BCUT2D eigenvalue weighted by Gasteiger charge is -2.48. The number of hydrogen-bond donors (Lipinski definition) is 5. The Hall–Kier alpha value is -7.76. The van der Waals surface area contributed by atoms with Gasteiger partial charge in [0.2, 0.25) is 11.8 Å². The van der Waals surface area contributed by atoms with Gasteiger partial charge in [-0.2, -0.15) is 0 Å². The second kappa shape index (κ2) is 34.9. The highest BCUT2D eigenvalue weighted by Crippen LogP contribution is 2.51. The van der Waals surface area contributed by atoms with E-state index in [2.05, 4.69) is 0 Å². The normalized spacial score (nSPS) is 25.3. The van der Waals surface area contributed by atoms with E-state index in [9.17, 15) is 71.9 Å². The Morgan fingerprint density at radius 1 is 0.495 bits per heavy atom. The largest absolute Gasteiger partial charge is 0.465 e. The van der Waals surface area contributed by atoms with Crippen LogP contribution in [0.3, 0.4) is 0 Å². The summed E-state index contributed by atoms with van der Waals surface area (Å²) in [5, 5.41) is 49.6. The molecule has 0 saturated carbocycles. The third-order valence-electron chi connectivity index (χ3n) is 17.7. The van der Waals surface area contributed by atoms with Crippen molar-refractivity contribution in [3.63, 3.8) is 0 Å². The molecule has 4 aliphatic rings. The third kappa shape index (κ3) is 19.1.